The van der Waals surface area contributed by atoms with E-state index >= 15 is 0 Å². The van der Waals surface area contributed by atoms with Gasteiger partial charge in [0.25, 0.3) is 5.89 Å². The monoisotopic (exact) mass is 395 g/mol. The highest BCUT2D eigenvalue weighted by atomic mass is 19.1. The fourth-order valence-corrected chi connectivity index (χ4v) is 3.51. The Labute approximate surface area is 168 Å². The van der Waals surface area contributed by atoms with E-state index in [1.54, 1.807) is 24.5 Å². The summed E-state index contributed by atoms with van der Waals surface area (Å²) in [4.78, 5) is 22.8. The number of carbonyl (C=O) groups excluding carboxylic acids is 1. The maximum absolute atomic E-state index is 13.0. The molecule has 3 aromatic rings. The van der Waals surface area contributed by atoms with E-state index in [1.165, 1.54) is 12.1 Å². The summed E-state index contributed by atoms with van der Waals surface area (Å²) in [6.45, 7) is 1.75. The molecule has 4 rings (SSSR count). The molecule has 1 N–H and O–H groups in total. The Kier molecular flexibility index (Phi) is 5.79. The predicted molar refractivity (Wildman–Crippen MR) is 104 cm³/mol. The lowest BCUT2D eigenvalue weighted by molar-refractivity contribution is 0.164. The standard InChI is InChI=1S/C21H22FN5O2/c22-18-5-3-15(4-6-18)13-24-21(28)27-11-1-2-16(14-27)12-19-25-20(29-26-19)17-7-9-23-10-8-17/h3-10,16H,1-2,11-14H2,(H,24,28). The molecule has 8 heteroatoms. The predicted octanol–water partition coefficient (Wildman–Crippen LogP) is 3.44. The second-order valence-corrected chi connectivity index (χ2v) is 7.20. The number of carbonyl (C=O) groups is 1. The van der Waals surface area contributed by atoms with Crippen molar-refractivity contribution in [1.29, 1.82) is 0 Å². The number of halogens is 1. The second kappa shape index (κ2) is 8.81. The van der Waals surface area contributed by atoms with Gasteiger partial charge in [-0.3, -0.25) is 4.98 Å². The number of nitrogens with one attached hydrogen (secondary N) is 1. The Hall–Kier alpha value is -3.29. The van der Waals surface area contributed by atoms with E-state index in [-0.39, 0.29) is 17.8 Å². The minimum atomic E-state index is -0.285. The Bertz CT molecular complexity index is 945. The molecule has 2 amide bonds. The van der Waals surface area contributed by atoms with Crippen molar-refractivity contribution in [3.05, 3.63) is 66.0 Å². The molecule has 1 aromatic carbocycles. The number of rotatable bonds is 5. The van der Waals surface area contributed by atoms with Gasteiger partial charge in [-0.05, 0) is 48.6 Å². The van der Waals surface area contributed by atoms with Gasteiger partial charge in [0.2, 0.25) is 0 Å². The van der Waals surface area contributed by atoms with E-state index in [9.17, 15) is 9.18 Å². The molecule has 150 valence electrons. The summed E-state index contributed by atoms with van der Waals surface area (Å²) in [5, 5.41) is 6.99. The Morgan fingerprint density at radius 3 is 2.79 bits per heavy atom. The second-order valence-electron chi connectivity index (χ2n) is 7.20. The first-order valence-electron chi connectivity index (χ1n) is 9.67. The van der Waals surface area contributed by atoms with Gasteiger partial charge in [0.15, 0.2) is 5.82 Å². The van der Waals surface area contributed by atoms with Gasteiger partial charge in [-0.2, -0.15) is 4.98 Å². The SMILES string of the molecule is O=C(NCc1ccc(F)cc1)N1CCCC(Cc2noc(-c3ccncc3)n2)C1. The Morgan fingerprint density at radius 2 is 2.00 bits per heavy atom. The fraction of sp³-hybridized carbons (Fsp3) is 0.333. The molecule has 0 aliphatic carbocycles. The fourth-order valence-electron chi connectivity index (χ4n) is 3.51. The molecule has 2 aromatic heterocycles. The molecule has 0 saturated carbocycles. The molecule has 7 nitrogen and oxygen atoms in total. The molecular formula is C21H22FN5O2. The largest absolute Gasteiger partial charge is 0.334 e. The van der Waals surface area contributed by atoms with E-state index in [1.807, 2.05) is 17.0 Å². The molecule has 0 bridgehead atoms. The summed E-state index contributed by atoms with van der Waals surface area (Å²) in [5.74, 6) is 1.12. The zero-order chi connectivity index (χ0) is 20.1. The Balaban J connectivity index is 1.30. The number of hydrogen-bond donors (Lipinski definition) is 1. The van der Waals surface area contributed by atoms with Crippen molar-refractivity contribution in [3.63, 3.8) is 0 Å². The lowest BCUT2D eigenvalue weighted by Crippen LogP contribution is -2.45. The van der Waals surface area contributed by atoms with Crippen LogP contribution in [0.4, 0.5) is 9.18 Å². The van der Waals surface area contributed by atoms with Crippen LogP contribution < -0.4 is 5.32 Å². The van der Waals surface area contributed by atoms with Gasteiger partial charge in [0, 0.05) is 44.0 Å². The summed E-state index contributed by atoms with van der Waals surface area (Å²) in [6.07, 6.45) is 5.98. The van der Waals surface area contributed by atoms with E-state index in [4.69, 9.17) is 4.52 Å². The number of hydrogen-bond acceptors (Lipinski definition) is 5. The molecule has 1 atom stereocenters. The van der Waals surface area contributed by atoms with Crippen molar-refractivity contribution in [1.82, 2.24) is 25.3 Å². The summed E-state index contributed by atoms with van der Waals surface area (Å²) >= 11 is 0. The molecule has 1 unspecified atom stereocenters. The summed E-state index contributed by atoms with van der Waals surface area (Å²) < 4.78 is 18.3. The maximum Gasteiger partial charge on any atom is 0.317 e. The quantitative estimate of drug-likeness (QED) is 0.715. The molecular weight excluding hydrogens is 373 g/mol. The highest BCUT2D eigenvalue weighted by Crippen LogP contribution is 2.22. The van der Waals surface area contributed by atoms with Gasteiger partial charge in [-0.25, -0.2) is 9.18 Å². The normalized spacial score (nSPS) is 16.6. The van der Waals surface area contributed by atoms with Crippen molar-refractivity contribution < 1.29 is 13.7 Å². The van der Waals surface area contributed by atoms with E-state index < -0.39 is 0 Å². The van der Waals surface area contributed by atoms with Gasteiger partial charge < -0.3 is 14.7 Å². The third kappa shape index (κ3) is 4.96. The summed E-state index contributed by atoms with van der Waals surface area (Å²) in [5.41, 5.74) is 1.70. The van der Waals surface area contributed by atoms with E-state index in [0.29, 0.717) is 31.2 Å². The topological polar surface area (TPSA) is 84.2 Å². The average Bonchev–Trinajstić information content (AvgIpc) is 3.22. The first-order chi connectivity index (χ1) is 14.2. The van der Waals surface area contributed by atoms with E-state index in [2.05, 4.69) is 20.4 Å². The first kappa shape index (κ1) is 19.0. The zero-order valence-corrected chi connectivity index (χ0v) is 15.9. The number of urea groups is 1. The minimum Gasteiger partial charge on any atom is -0.334 e. The molecule has 0 spiro atoms. The number of pyridine rings is 1. The van der Waals surface area contributed by atoms with Gasteiger partial charge in [0.1, 0.15) is 5.82 Å². The van der Waals surface area contributed by atoms with Crippen LogP contribution in [0.25, 0.3) is 11.5 Å². The first-order valence-corrected chi connectivity index (χ1v) is 9.67. The third-order valence-electron chi connectivity index (χ3n) is 5.03. The number of amides is 2. The number of nitrogens with zero attached hydrogens (tertiary/aromatic N) is 4. The summed E-state index contributed by atoms with van der Waals surface area (Å²) in [7, 11) is 0. The molecule has 1 aliphatic heterocycles. The number of benzene rings is 1. The smallest absolute Gasteiger partial charge is 0.317 e. The molecule has 1 fully saturated rings. The van der Waals surface area contributed by atoms with Crippen molar-refractivity contribution in [3.8, 4) is 11.5 Å². The van der Waals surface area contributed by atoms with E-state index in [0.717, 1.165) is 30.5 Å². The van der Waals surface area contributed by atoms with Crippen LogP contribution in [0.5, 0.6) is 0 Å². The van der Waals surface area contributed by atoms with Crippen molar-refractivity contribution >= 4 is 6.03 Å². The van der Waals surface area contributed by atoms with Crippen LogP contribution in [-0.4, -0.2) is 39.1 Å². The van der Waals surface area contributed by atoms with Crippen LogP contribution in [0.2, 0.25) is 0 Å². The lowest BCUT2D eigenvalue weighted by atomic mass is 9.95. The molecule has 29 heavy (non-hydrogen) atoms. The molecule has 0 radical (unpaired) electrons. The van der Waals surface area contributed by atoms with Gasteiger partial charge in [0.05, 0.1) is 0 Å². The molecule has 1 saturated heterocycles. The number of likely N-dealkylation sites (tertiary alicyclic amines) is 1. The van der Waals surface area contributed by atoms with Crippen LogP contribution in [-0.2, 0) is 13.0 Å². The summed E-state index contributed by atoms with van der Waals surface area (Å²) in [6, 6.07) is 9.67. The van der Waals surface area contributed by atoms with Crippen molar-refractivity contribution in [2.24, 2.45) is 5.92 Å². The van der Waals surface area contributed by atoms with Crippen LogP contribution in [0, 0.1) is 11.7 Å². The number of piperidine rings is 1. The highest BCUT2D eigenvalue weighted by Gasteiger charge is 2.25. The van der Waals surface area contributed by atoms with Gasteiger partial charge in [-0.15, -0.1) is 0 Å². The maximum atomic E-state index is 13.0. The minimum absolute atomic E-state index is 0.107. The van der Waals surface area contributed by atoms with Crippen LogP contribution in [0.1, 0.15) is 24.2 Å². The van der Waals surface area contributed by atoms with Crippen LogP contribution in [0.15, 0.2) is 53.3 Å². The zero-order valence-electron chi connectivity index (χ0n) is 15.9. The number of aromatic nitrogens is 3. The van der Waals surface area contributed by atoms with Crippen LogP contribution >= 0.6 is 0 Å². The molecule has 1 aliphatic rings. The average molecular weight is 395 g/mol. The molecule has 3 heterocycles. The highest BCUT2D eigenvalue weighted by molar-refractivity contribution is 5.74. The Morgan fingerprint density at radius 1 is 1.21 bits per heavy atom. The lowest BCUT2D eigenvalue weighted by Gasteiger charge is -2.32. The van der Waals surface area contributed by atoms with Gasteiger partial charge in [-0.1, -0.05) is 17.3 Å². The van der Waals surface area contributed by atoms with Crippen molar-refractivity contribution in [2.45, 2.75) is 25.8 Å². The third-order valence-corrected chi connectivity index (χ3v) is 5.03. The van der Waals surface area contributed by atoms with Crippen molar-refractivity contribution in [2.75, 3.05) is 13.1 Å². The van der Waals surface area contributed by atoms with Gasteiger partial charge >= 0.3 is 6.03 Å². The van der Waals surface area contributed by atoms with Crippen LogP contribution in [0.3, 0.4) is 0 Å².